The van der Waals surface area contributed by atoms with Crippen molar-refractivity contribution in [3.05, 3.63) is 58.1 Å². The van der Waals surface area contributed by atoms with Crippen LogP contribution in [0.25, 0.3) is 0 Å². The van der Waals surface area contributed by atoms with Crippen LogP contribution in [0.4, 0.5) is 11.4 Å². The van der Waals surface area contributed by atoms with E-state index in [9.17, 15) is 14.4 Å². The Morgan fingerprint density at radius 3 is 2.50 bits per heavy atom. The van der Waals surface area contributed by atoms with E-state index in [1.54, 1.807) is 36.1 Å². The minimum absolute atomic E-state index is 0.157. The Hall–Kier alpha value is -2.57. The molecule has 1 heterocycles. The number of para-hydroxylation sites is 2. The summed E-state index contributed by atoms with van der Waals surface area (Å²) < 4.78 is 0. The summed E-state index contributed by atoms with van der Waals surface area (Å²) in [6.45, 7) is 1.65. The smallest absolute Gasteiger partial charge is 0.254 e. The second-order valence-electron chi connectivity index (χ2n) is 6.70. The number of carbonyl (C=O) groups is 3. The van der Waals surface area contributed by atoms with Crippen molar-refractivity contribution in [2.45, 2.75) is 19.4 Å². The highest BCUT2D eigenvalue weighted by Crippen LogP contribution is 2.31. The third-order valence-electron chi connectivity index (χ3n) is 4.46. The van der Waals surface area contributed by atoms with Crippen LogP contribution in [-0.2, 0) is 9.59 Å². The van der Waals surface area contributed by atoms with E-state index in [4.69, 9.17) is 23.2 Å². The summed E-state index contributed by atoms with van der Waals surface area (Å²) in [7, 11) is 1.53. The molecule has 1 aliphatic rings. The van der Waals surface area contributed by atoms with Gasteiger partial charge in [0.25, 0.3) is 5.91 Å². The third kappa shape index (κ3) is 4.29. The van der Waals surface area contributed by atoms with Gasteiger partial charge in [-0.25, -0.2) is 0 Å². The van der Waals surface area contributed by atoms with Gasteiger partial charge in [-0.3, -0.25) is 14.4 Å². The van der Waals surface area contributed by atoms with Crippen molar-refractivity contribution in [1.29, 1.82) is 0 Å². The minimum atomic E-state index is -0.372. The molecule has 1 aliphatic heterocycles. The molecule has 2 aromatic carbocycles. The minimum Gasteiger partial charge on any atom is -0.332 e. The molecule has 0 bridgehead atoms. The fourth-order valence-corrected chi connectivity index (χ4v) is 3.74. The molecule has 0 aromatic heterocycles. The lowest BCUT2D eigenvalue weighted by Gasteiger charge is -2.29. The molecule has 2 aromatic rings. The van der Waals surface area contributed by atoms with Crippen LogP contribution < -0.4 is 10.2 Å². The molecule has 8 heteroatoms. The standard InChI is InChI=1S/C20H19Cl2N3O3/c1-12-7-18(26)23-16-5-3-4-6-17(16)25(12)19(27)11-24(2)20(28)13-8-14(21)10-15(22)9-13/h3-6,8-10,12H,7,11H2,1-2H3,(H,23,26). The number of carbonyl (C=O) groups excluding carboxylic acids is 3. The van der Waals surface area contributed by atoms with Crippen LogP contribution in [0.2, 0.25) is 10.0 Å². The molecular weight excluding hydrogens is 401 g/mol. The van der Waals surface area contributed by atoms with E-state index >= 15 is 0 Å². The van der Waals surface area contributed by atoms with E-state index in [0.29, 0.717) is 27.0 Å². The van der Waals surface area contributed by atoms with Gasteiger partial charge in [0.1, 0.15) is 6.54 Å². The number of anilines is 2. The molecule has 0 saturated heterocycles. The van der Waals surface area contributed by atoms with Crippen molar-refractivity contribution in [1.82, 2.24) is 4.90 Å². The van der Waals surface area contributed by atoms with Gasteiger partial charge in [0.2, 0.25) is 11.8 Å². The van der Waals surface area contributed by atoms with Crippen molar-refractivity contribution in [2.24, 2.45) is 0 Å². The average molecular weight is 420 g/mol. The fourth-order valence-electron chi connectivity index (χ4n) is 3.22. The first-order valence-corrected chi connectivity index (χ1v) is 9.44. The first-order valence-electron chi connectivity index (χ1n) is 8.68. The number of benzene rings is 2. The molecule has 0 saturated carbocycles. The van der Waals surface area contributed by atoms with Gasteiger partial charge in [0.15, 0.2) is 0 Å². The average Bonchev–Trinajstić information content (AvgIpc) is 2.74. The van der Waals surface area contributed by atoms with Gasteiger partial charge in [0.05, 0.1) is 11.4 Å². The first-order chi connectivity index (χ1) is 13.3. The van der Waals surface area contributed by atoms with Crippen LogP contribution in [0.1, 0.15) is 23.7 Å². The van der Waals surface area contributed by atoms with E-state index in [0.717, 1.165) is 0 Å². The summed E-state index contributed by atoms with van der Waals surface area (Å²) in [4.78, 5) is 40.7. The number of amides is 3. The van der Waals surface area contributed by atoms with Crippen LogP contribution in [0.3, 0.4) is 0 Å². The number of hydrogen-bond donors (Lipinski definition) is 1. The predicted molar refractivity (Wildman–Crippen MR) is 110 cm³/mol. The maximum atomic E-state index is 13.1. The van der Waals surface area contributed by atoms with Crippen molar-refractivity contribution < 1.29 is 14.4 Å². The number of hydrogen-bond acceptors (Lipinski definition) is 3. The molecule has 146 valence electrons. The first kappa shape index (κ1) is 20.2. The summed E-state index contributed by atoms with van der Waals surface area (Å²) in [6, 6.07) is 11.3. The lowest BCUT2D eigenvalue weighted by Crippen LogP contribution is -2.45. The maximum absolute atomic E-state index is 13.1. The monoisotopic (exact) mass is 419 g/mol. The predicted octanol–water partition coefficient (Wildman–Crippen LogP) is 3.83. The Balaban J connectivity index is 1.83. The van der Waals surface area contributed by atoms with Gasteiger partial charge in [-0.05, 0) is 37.3 Å². The van der Waals surface area contributed by atoms with Gasteiger partial charge in [-0.15, -0.1) is 0 Å². The van der Waals surface area contributed by atoms with Crippen molar-refractivity contribution >= 4 is 52.3 Å². The highest BCUT2D eigenvalue weighted by atomic mass is 35.5. The summed E-state index contributed by atoms with van der Waals surface area (Å²) in [6.07, 6.45) is 0.169. The quantitative estimate of drug-likeness (QED) is 0.821. The number of rotatable bonds is 3. The van der Waals surface area contributed by atoms with E-state index in [2.05, 4.69) is 5.32 Å². The number of fused-ring (bicyclic) bond motifs is 1. The Bertz CT molecular complexity index is 928. The highest BCUT2D eigenvalue weighted by Gasteiger charge is 2.30. The normalized spacial score (nSPS) is 16.1. The van der Waals surface area contributed by atoms with Gasteiger partial charge >= 0.3 is 0 Å². The van der Waals surface area contributed by atoms with Crippen LogP contribution in [0.15, 0.2) is 42.5 Å². The highest BCUT2D eigenvalue weighted by molar-refractivity contribution is 6.35. The van der Waals surface area contributed by atoms with Gasteiger partial charge in [-0.2, -0.15) is 0 Å². The zero-order valence-electron chi connectivity index (χ0n) is 15.4. The van der Waals surface area contributed by atoms with Crippen molar-refractivity contribution in [3.8, 4) is 0 Å². The molecule has 3 amide bonds. The molecule has 28 heavy (non-hydrogen) atoms. The van der Waals surface area contributed by atoms with Crippen LogP contribution in [0, 0.1) is 0 Å². The summed E-state index contributed by atoms with van der Waals surface area (Å²) in [5.74, 6) is -0.823. The fraction of sp³-hybridized carbons (Fsp3) is 0.250. The lowest BCUT2D eigenvalue weighted by molar-refractivity contribution is -0.119. The van der Waals surface area contributed by atoms with Gasteiger partial charge in [-0.1, -0.05) is 35.3 Å². The molecule has 0 spiro atoms. The number of likely N-dealkylation sites (N-methyl/N-ethyl adjacent to an activating group) is 1. The number of nitrogens with one attached hydrogen (secondary N) is 1. The summed E-state index contributed by atoms with van der Waals surface area (Å²) >= 11 is 11.9. The molecule has 0 aliphatic carbocycles. The Kier molecular flexibility index (Phi) is 5.91. The third-order valence-corrected chi connectivity index (χ3v) is 4.89. The maximum Gasteiger partial charge on any atom is 0.254 e. The Morgan fingerprint density at radius 2 is 1.82 bits per heavy atom. The van der Waals surface area contributed by atoms with Crippen LogP contribution in [-0.4, -0.2) is 42.3 Å². The zero-order valence-corrected chi connectivity index (χ0v) is 16.9. The molecule has 1 unspecified atom stereocenters. The second-order valence-corrected chi connectivity index (χ2v) is 7.57. The summed E-state index contributed by atoms with van der Waals surface area (Å²) in [5, 5.41) is 3.49. The molecule has 0 radical (unpaired) electrons. The number of nitrogens with zero attached hydrogens (tertiary/aromatic N) is 2. The zero-order chi connectivity index (χ0) is 20.4. The second kappa shape index (κ2) is 8.20. The van der Waals surface area contributed by atoms with E-state index in [-0.39, 0.29) is 36.7 Å². The largest absolute Gasteiger partial charge is 0.332 e. The number of halogens is 2. The Morgan fingerprint density at radius 1 is 1.18 bits per heavy atom. The Labute approximate surface area is 173 Å². The van der Waals surface area contributed by atoms with Crippen LogP contribution in [0.5, 0.6) is 0 Å². The SMILES string of the molecule is CC1CC(=O)Nc2ccccc2N1C(=O)CN(C)C(=O)c1cc(Cl)cc(Cl)c1. The molecule has 3 rings (SSSR count). The summed E-state index contributed by atoms with van der Waals surface area (Å²) in [5.41, 5.74) is 1.48. The van der Waals surface area contributed by atoms with E-state index in [1.165, 1.54) is 30.1 Å². The topological polar surface area (TPSA) is 69.7 Å². The lowest BCUT2D eigenvalue weighted by atomic mass is 10.1. The molecular formula is C20H19Cl2N3O3. The van der Waals surface area contributed by atoms with Gasteiger partial charge in [0, 0.05) is 35.1 Å². The molecule has 1 atom stereocenters. The van der Waals surface area contributed by atoms with E-state index < -0.39 is 0 Å². The van der Waals surface area contributed by atoms with E-state index in [1.807, 2.05) is 0 Å². The van der Waals surface area contributed by atoms with Crippen LogP contribution >= 0.6 is 23.2 Å². The molecule has 1 N–H and O–H groups in total. The molecule has 6 nitrogen and oxygen atoms in total. The van der Waals surface area contributed by atoms with Crippen molar-refractivity contribution in [3.63, 3.8) is 0 Å². The van der Waals surface area contributed by atoms with Crippen molar-refractivity contribution in [2.75, 3.05) is 23.8 Å². The van der Waals surface area contributed by atoms with Gasteiger partial charge < -0.3 is 15.1 Å². The molecule has 0 fully saturated rings.